The van der Waals surface area contributed by atoms with Crippen LogP contribution in [0.3, 0.4) is 0 Å². The summed E-state index contributed by atoms with van der Waals surface area (Å²) in [6.45, 7) is 4.18. The van der Waals surface area contributed by atoms with Gasteiger partial charge in [-0.25, -0.2) is 9.78 Å². The molecule has 0 aliphatic rings. The first kappa shape index (κ1) is 16.4. The molecule has 1 aromatic carbocycles. The van der Waals surface area contributed by atoms with Crippen molar-refractivity contribution in [3.8, 4) is 0 Å². The van der Waals surface area contributed by atoms with E-state index in [2.05, 4.69) is 0 Å². The molecule has 0 N–H and O–H groups in total. The van der Waals surface area contributed by atoms with E-state index in [1.54, 1.807) is 0 Å². The monoisotopic (exact) mass is 278 g/mol. The number of hydrogen-bond donors (Lipinski definition) is 0. The van der Waals surface area contributed by atoms with E-state index in [0.717, 1.165) is 18.4 Å². The quantitative estimate of drug-likeness (QED) is 0.301. The van der Waals surface area contributed by atoms with Crippen LogP contribution in [-0.2, 0) is 19.3 Å². The molecular formula is C16H22O4. The number of hydrogen-bond acceptors (Lipinski definition) is 4. The van der Waals surface area contributed by atoms with E-state index >= 15 is 0 Å². The third-order valence-electron chi connectivity index (χ3n) is 2.56. The Bertz CT molecular complexity index is 400. The summed E-state index contributed by atoms with van der Waals surface area (Å²) in [6.07, 6.45) is 5.36. The molecule has 4 heteroatoms. The third kappa shape index (κ3) is 8.45. The highest BCUT2D eigenvalue weighted by Gasteiger charge is 2.04. The normalized spacial score (nSPS) is 12.5. The summed E-state index contributed by atoms with van der Waals surface area (Å²) in [4.78, 5) is 20.8. The second kappa shape index (κ2) is 10.2. The Morgan fingerprint density at radius 3 is 2.70 bits per heavy atom. The first-order chi connectivity index (χ1) is 9.68. The predicted molar refractivity (Wildman–Crippen MR) is 77.8 cm³/mol. The van der Waals surface area contributed by atoms with Crippen LogP contribution in [0.5, 0.6) is 0 Å². The summed E-state index contributed by atoms with van der Waals surface area (Å²) in [6, 6.07) is 10.00. The second-order valence-corrected chi connectivity index (χ2v) is 4.48. The van der Waals surface area contributed by atoms with E-state index < -0.39 is 0 Å². The fourth-order valence-corrected chi connectivity index (χ4v) is 1.67. The summed E-state index contributed by atoms with van der Waals surface area (Å²) in [5.74, 6) is -0.249. The van der Waals surface area contributed by atoms with Crippen LogP contribution in [0.15, 0.2) is 36.4 Å². The maximum Gasteiger partial charge on any atom is 0.302 e. The zero-order valence-electron chi connectivity index (χ0n) is 12.1. The minimum Gasteiger partial charge on any atom is -0.463 e. The number of rotatable bonds is 9. The molecule has 1 rings (SSSR count). The standard InChI is InChI=1S/C16H22O4/c1-14(20-15(2)17)8-6-12-18-19-13-7-11-16-9-4-3-5-10-16/h3-5,7,9-11,14H,6,8,12-13H2,1-2H3/b11-7+. The molecule has 20 heavy (non-hydrogen) atoms. The summed E-state index contributed by atoms with van der Waals surface area (Å²) in [5, 5.41) is 0. The minimum atomic E-state index is -0.249. The summed E-state index contributed by atoms with van der Waals surface area (Å²) in [5.41, 5.74) is 1.13. The average molecular weight is 278 g/mol. The van der Waals surface area contributed by atoms with E-state index in [4.69, 9.17) is 14.5 Å². The average Bonchev–Trinajstić information content (AvgIpc) is 2.42. The van der Waals surface area contributed by atoms with Crippen molar-refractivity contribution < 1.29 is 19.3 Å². The van der Waals surface area contributed by atoms with E-state index in [0.29, 0.717) is 13.2 Å². The molecule has 0 heterocycles. The van der Waals surface area contributed by atoms with Gasteiger partial charge in [0.25, 0.3) is 0 Å². The molecule has 0 saturated heterocycles. The lowest BCUT2D eigenvalue weighted by molar-refractivity contribution is -0.286. The Hall–Kier alpha value is -1.65. The van der Waals surface area contributed by atoms with Crippen molar-refractivity contribution >= 4 is 12.0 Å². The van der Waals surface area contributed by atoms with Gasteiger partial charge in [0.15, 0.2) is 0 Å². The molecule has 0 saturated carbocycles. The van der Waals surface area contributed by atoms with Crippen LogP contribution in [-0.4, -0.2) is 25.3 Å². The Kier molecular flexibility index (Phi) is 8.35. The maximum absolute atomic E-state index is 10.7. The van der Waals surface area contributed by atoms with Gasteiger partial charge in [-0.15, -0.1) is 0 Å². The number of benzene rings is 1. The molecule has 1 aromatic rings. The van der Waals surface area contributed by atoms with Gasteiger partial charge in [0, 0.05) is 6.92 Å². The zero-order chi connectivity index (χ0) is 14.6. The fraction of sp³-hybridized carbons (Fsp3) is 0.438. The molecule has 0 aliphatic heterocycles. The third-order valence-corrected chi connectivity index (χ3v) is 2.56. The number of ether oxygens (including phenoxy) is 1. The molecule has 4 nitrogen and oxygen atoms in total. The first-order valence-corrected chi connectivity index (χ1v) is 6.81. The van der Waals surface area contributed by atoms with Crippen molar-refractivity contribution in [2.75, 3.05) is 13.2 Å². The van der Waals surface area contributed by atoms with Gasteiger partial charge in [-0.05, 0) is 25.3 Å². The van der Waals surface area contributed by atoms with Gasteiger partial charge in [0.1, 0.15) is 6.61 Å². The second-order valence-electron chi connectivity index (χ2n) is 4.48. The minimum absolute atomic E-state index is 0.0749. The van der Waals surface area contributed by atoms with Gasteiger partial charge < -0.3 is 4.74 Å². The van der Waals surface area contributed by atoms with Crippen LogP contribution < -0.4 is 0 Å². The van der Waals surface area contributed by atoms with Crippen LogP contribution in [0.4, 0.5) is 0 Å². The molecule has 0 aliphatic carbocycles. The smallest absolute Gasteiger partial charge is 0.302 e. The lowest BCUT2D eigenvalue weighted by atomic mass is 10.2. The number of carbonyl (C=O) groups excluding carboxylic acids is 1. The predicted octanol–water partition coefficient (Wildman–Crippen LogP) is 3.38. The van der Waals surface area contributed by atoms with Crippen LogP contribution in [0.2, 0.25) is 0 Å². The lowest BCUT2D eigenvalue weighted by Gasteiger charge is -2.10. The topological polar surface area (TPSA) is 44.8 Å². The van der Waals surface area contributed by atoms with Crippen molar-refractivity contribution in [1.82, 2.24) is 0 Å². The molecule has 0 radical (unpaired) electrons. The fourth-order valence-electron chi connectivity index (χ4n) is 1.67. The molecule has 0 amide bonds. The molecule has 0 bridgehead atoms. The van der Waals surface area contributed by atoms with Crippen molar-refractivity contribution in [3.63, 3.8) is 0 Å². The van der Waals surface area contributed by atoms with Crippen molar-refractivity contribution in [2.24, 2.45) is 0 Å². The SMILES string of the molecule is CC(=O)OC(C)CCCOOC/C=C/c1ccccc1. The highest BCUT2D eigenvalue weighted by molar-refractivity contribution is 5.66. The molecule has 0 spiro atoms. The van der Waals surface area contributed by atoms with Gasteiger partial charge in [-0.1, -0.05) is 42.5 Å². The van der Waals surface area contributed by atoms with Crippen molar-refractivity contribution in [2.45, 2.75) is 32.8 Å². The van der Waals surface area contributed by atoms with Crippen molar-refractivity contribution in [3.05, 3.63) is 42.0 Å². The summed E-state index contributed by atoms with van der Waals surface area (Å²) < 4.78 is 5.00. The first-order valence-electron chi connectivity index (χ1n) is 6.81. The van der Waals surface area contributed by atoms with Gasteiger partial charge in [0.05, 0.1) is 12.7 Å². The maximum atomic E-state index is 10.7. The Morgan fingerprint density at radius 1 is 1.25 bits per heavy atom. The number of carbonyl (C=O) groups is 1. The summed E-state index contributed by atoms with van der Waals surface area (Å²) >= 11 is 0. The molecular weight excluding hydrogens is 256 g/mol. The van der Waals surface area contributed by atoms with Crippen LogP contribution >= 0.6 is 0 Å². The highest BCUT2D eigenvalue weighted by Crippen LogP contribution is 2.03. The lowest BCUT2D eigenvalue weighted by Crippen LogP contribution is -2.12. The molecule has 1 unspecified atom stereocenters. The largest absolute Gasteiger partial charge is 0.463 e. The van der Waals surface area contributed by atoms with E-state index in [1.165, 1.54) is 6.92 Å². The Balaban J connectivity index is 1.97. The molecule has 0 fully saturated rings. The molecule has 1 atom stereocenters. The van der Waals surface area contributed by atoms with Crippen molar-refractivity contribution in [1.29, 1.82) is 0 Å². The van der Waals surface area contributed by atoms with Gasteiger partial charge in [-0.3, -0.25) is 4.79 Å². The molecule has 110 valence electrons. The highest BCUT2D eigenvalue weighted by atomic mass is 17.2. The molecule has 0 aromatic heterocycles. The van der Waals surface area contributed by atoms with Crippen LogP contribution in [0.1, 0.15) is 32.3 Å². The van der Waals surface area contributed by atoms with Gasteiger partial charge in [0.2, 0.25) is 0 Å². The summed E-state index contributed by atoms with van der Waals surface area (Å²) in [7, 11) is 0. The van der Waals surface area contributed by atoms with Crippen LogP contribution in [0.25, 0.3) is 6.08 Å². The number of esters is 1. The Labute approximate surface area is 120 Å². The zero-order valence-corrected chi connectivity index (χ0v) is 12.1. The van der Waals surface area contributed by atoms with E-state index in [9.17, 15) is 4.79 Å². The van der Waals surface area contributed by atoms with E-state index in [1.807, 2.05) is 49.4 Å². The van der Waals surface area contributed by atoms with Crippen LogP contribution in [0, 0.1) is 0 Å². The van der Waals surface area contributed by atoms with Gasteiger partial charge >= 0.3 is 5.97 Å². The Morgan fingerprint density at radius 2 is 2.00 bits per heavy atom. The van der Waals surface area contributed by atoms with Gasteiger partial charge in [-0.2, -0.15) is 0 Å². The van der Waals surface area contributed by atoms with E-state index in [-0.39, 0.29) is 12.1 Å².